The highest BCUT2D eigenvalue weighted by molar-refractivity contribution is 5.23. The Hall–Kier alpha value is -1.16. The average Bonchev–Trinajstić information content (AvgIpc) is 2.20. The molecule has 1 aromatic rings. The van der Waals surface area contributed by atoms with E-state index in [1.165, 1.54) is 6.07 Å². The summed E-state index contributed by atoms with van der Waals surface area (Å²) in [6.45, 7) is 4.71. The monoisotopic (exact) mass is 215 g/mol. The van der Waals surface area contributed by atoms with E-state index in [4.69, 9.17) is 10.5 Å². The number of nitrogens with two attached hydrogens (primary N) is 1. The molecule has 84 valence electrons. The molecule has 1 aromatic carbocycles. The van der Waals surface area contributed by atoms with E-state index in [1.54, 1.807) is 0 Å². The van der Waals surface area contributed by atoms with Crippen LogP contribution in [0.15, 0.2) is 18.2 Å². The molecule has 0 aromatic heterocycles. The number of hydrogen-bond acceptors (Lipinski definition) is 2. The fraction of sp³-hybridized carbons (Fsp3) is 0.455. The van der Waals surface area contributed by atoms with Gasteiger partial charge in [-0.05, 0) is 12.1 Å². The van der Waals surface area contributed by atoms with Gasteiger partial charge >= 0.3 is 0 Å². The van der Waals surface area contributed by atoms with Gasteiger partial charge in [0, 0.05) is 18.0 Å². The Balaban J connectivity index is 2.62. The zero-order valence-corrected chi connectivity index (χ0v) is 8.89. The largest absolute Gasteiger partial charge is 0.493 e. The maximum Gasteiger partial charge on any atom is 0.162 e. The van der Waals surface area contributed by atoms with E-state index in [2.05, 4.69) is 0 Å². The Labute approximate surface area is 88.0 Å². The highest BCUT2D eigenvalue weighted by Gasteiger charge is 2.16. The lowest BCUT2D eigenvalue weighted by Crippen LogP contribution is -2.30. The van der Waals surface area contributed by atoms with Crippen molar-refractivity contribution in [3.63, 3.8) is 0 Å². The molecule has 2 nitrogen and oxygen atoms in total. The van der Waals surface area contributed by atoms with Crippen LogP contribution in [0.2, 0.25) is 0 Å². The number of benzene rings is 1. The second kappa shape index (κ2) is 4.57. The molecule has 0 radical (unpaired) electrons. The van der Waals surface area contributed by atoms with Gasteiger partial charge in [0.25, 0.3) is 0 Å². The van der Waals surface area contributed by atoms with E-state index in [9.17, 15) is 8.78 Å². The summed E-state index contributed by atoms with van der Waals surface area (Å²) in [5, 5.41) is 0. The molecule has 0 aliphatic carbocycles. The number of ether oxygens (including phenoxy) is 1. The van der Waals surface area contributed by atoms with Gasteiger partial charge in [0.1, 0.15) is 5.75 Å². The van der Waals surface area contributed by atoms with Crippen LogP contribution in [0, 0.1) is 17.0 Å². The van der Waals surface area contributed by atoms with Gasteiger partial charge < -0.3 is 10.5 Å². The van der Waals surface area contributed by atoms with Crippen LogP contribution < -0.4 is 10.5 Å². The molecular formula is C11H15F2NO. The van der Waals surface area contributed by atoms with Crippen molar-refractivity contribution in [1.82, 2.24) is 0 Å². The molecule has 0 aliphatic rings. The van der Waals surface area contributed by atoms with E-state index in [0.717, 1.165) is 12.1 Å². The Kier molecular flexibility index (Phi) is 3.63. The molecule has 0 fully saturated rings. The van der Waals surface area contributed by atoms with Gasteiger partial charge in [0.2, 0.25) is 0 Å². The number of rotatable bonds is 4. The lowest BCUT2D eigenvalue weighted by atomic mass is 9.95. The summed E-state index contributed by atoms with van der Waals surface area (Å²) in [5.41, 5.74) is 5.33. The molecule has 0 atom stereocenters. The zero-order valence-electron chi connectivity index (χ0n) is 8.89. The van der Waals surface area contributed by atoms with Gasteiger partial charge in [-0.2, -0.15) is 0 Å². The minimum atomic E-state index is -0.905. The summed E-state index contributed by atoms with van der Waals surface area (Å²) in [7, 11) is 0. The van der Waals surface area contributed by atoms with E-state index in [-0.39, 0.29) is 5.41 Å². The molecule has 0 unspecified atom stereocenters. The molecule has 0 aliphatic heterocycles. The normalized spacial score (nSPS) is 11.5. The number of hydrogen-bond donors (Lipinski definition) is 1. The van der Waals surface area contributed by atoms with E-state index in [1.807, 2.05) is 13.8 Å². The van der Waals surface area contributed by atoms with Crippen LogP contribution in [0.1, 0.15) is 13.8 Å². The molecule has 0 bridgehead atoms. The Morgan fingerprint density at radius 2 is 1.93 bits per heavy atom. The van der Waals surface area contributed by atoms with Gasteiger partial charge in [-0.1, -0.05) is 13.8 Å². The molecule has 0 spiro atoms. The molecule has 0 amide bonds. The lowest BCUT2D eigenvalue weighted by Gasteiger charge is -2.22. The summed E-state index contributed by atoms with van der Waals surface area (Å²) < 4.78 is 30.7. The third kappa shape index (κ3) is 3.47. The predicted molar refractivity (Wildman–Crippen MR) is 54.7 cm³/mol. The van der Waals surface area contributed by atoms with Crippen molar-refractivity contribution in [2.45, 2.75) is 13.8 Å². The topological polar surface area (TPSA) is 35.2 Å². The first-order valence-electron chi connectivity index (χ1n) is 4.72. The van der Waals surface area contributed by atoms with Gasteiger partial charge in [-0.25, -0.2) is 8.78 Å². The van der Waals surface area contributed by atoms with Crippen LogP contribution in [0.4, 0.5) is 8.78 Å². The highest BCUT2D eigenvalue weighted by Crippen LogP contribution is 2.19. The summed E-state index contributed by atoms with van der Waals surface area (Å²) in [6.07, 6.45) is 0. The summed E-state index contributed by atoms with van der Waals surface area (Å²) >= 11 is 0. The Morgan fingerprint density at radius 1 is 1.27 bits per heavy atom. The molecular weight excluding hydrogens is 200 g/mol. The maximum atomic E-state index is 12.8. The fourth-order valence-electron chi connectivity index (χ4n) is 0.904. The summed E-state index contributed by atoms with van der Waals surface area (Å²) in [4.78, 5) is 0. The first kappa shape index (κ1) is 11.9. The standard InChI is InChI=1S/C11H15F2NO/c1-11(2,6-14)7-15-8-3-4-9(12)10(13)5-8/h3-5H,6-7,14H2,1-2H3. The van der Waals surface area contributed by atoms with Gasteiger partial charge in [-0.15, -0.1) is 0 Å². The van der Waals surface area contributed by atoms with Crippen LogP contribution in [0.5, 0.6) is 5.75 Å². The molecule has 0 saturated heterocycles. The van der Waals surface area contributed by atoms with E-state index in [0.29, 0.717) is 18.9 Å². The van der Waals surface area contributed by atoms with Gasteiger partial charge in [0.15, 0.2) is 11.6 Å². The third-order valence-corrected chi connectivity index (χ3v) is 2.07. The quantitative estimate of drug-likeness (QED) is 0.836. The average molecular weight is 215 g/mol. The SMILES string of the molecule is CC(C)(CN)COc1ccc(F)c(F)c1. The molecule has 1 rings (SSSR count). The number of halogens is 2. The van der Waals surface area contributed by atoms with Crippen LogP contribution in [-0.2, 0) is 0 Å². The zero-order chi connectivity index (χ0) is 11.5. The Morgan fingerprint density at radius 3 is 2.47 bits per heavy atom. The van der Waals surface area contributed by atoms with Crippen molar-refractivity contribution < 1.29 is 13.5 Å². The first-order valence-corrected chi connectivity index (χ1v) is 4.72. The maximum absolute atomic E-state index is 12.8. The third-order valence-electron chi connectivity index (χ3n) is 2.07. The first-order chi connectivity index (χ1) is 6.94. The fourth-order valence-corrected chi connectivity index (χ4v) is 0.904. The van der Waals surface area contributed by atoms with Crippen LogP contribution >= 0.6 is 0 Å². The highest BCUT2D eigenvalue weighted by atomic mass is 19.2. The minimum Gasteiger partial charge on any atom is -0.493 e. The second-order valence-corrected chi connectivity index (χ2v) is 4.23. The van der Waals surface area contributed by atoms with Crippen molar-refractivity contribution in [3.05, 3.63) is 29.8 Å². The van der Waals surface area contributed by atoms with Gasteiger partial charge in [0.05, 0.1) is 6.61 Å². The summed E-state index contributed by atoms with van der Waals surface area (Å²) in [5.74, 6) is -1.46. The molecule has 0 saturated carbocycles. The van der Waals surface area contributed by atoms with Crippen molar-refractivity contribution in [1.29, 1.82) is 0 Å². The smallest absolute Gasteiger partial charge is 0.162 e. The van der Waals surface area contributed by atoms with Crippen LogP contribution in [0.3, 0.4) is 0 Å². The predicted octanol–water partition coefficient (Wildman–Crippen LogP) is 2.33. The van der Waals surface area contributed by atoms with Crippen molar-refractivity contribution in [2.24, 2.45) is 11.1 Å². The summed E-state index contributed by atoms with van der Waals surface area (Å²) in [6, 6.07) is 3.47. The molecule has 4 heteroatoms. The van der Waals surface area contributed by atoms with Crippen molar-refractivity contribution in [2.75, 3.05) is 13.2 Å². The van der Waals surface area contributed by atoms with Gasteiger partial charge in [-0.3, -0.25) is 0 Å². The van der Waals surface area contributed by atoms with E-state index < -0.39 is 11.6 Å². The molecule has 15 heavy (non-hydrogen) atoms. The molecule has 0 heterocycles. The lowest BCUT2D eigenvalue weighted by molar-refractivity contribution is 0.186. The van der Waals surface area contributed by atoms with Crippen molar-refractivity contribution >= 4 is 0 Å². The Bertz CT molecular complexity index is 339. The minimum absolute atomic E-state index is 0.176. The van der Waals surface area contributed by atoms with E-state index >= 15 is 0 Å². The van der Waals surface area contributed by atoms with Crippen LogP contribution in [0.25, 0.3) is 0 Å². The van der Waals surface area contributed by atoms with Crippen LogP contribution in [-0.4, -0.2) is 13.2 Å². The molecule has 2 N–H and O–H groups in total. The van der Waals surface area contributed by atoms with Crippen molar-refractivity contribution in [3.8, 4) is 5.75 Å². The second-order valence-electron chi connectivity index (χ2n) is 4.23.